The van der Waals surface area contributed by atoms with Crippen molar-refractivity contribution in [1.29, 1.82) is 0 Å². The Balaban J connectivity index is 2.20. The molecule has 5 heteroatoms. The maximum atomic E-state index is 12.4. The van der Waals surface area contributed by atoms with Crippen LogP contribution in [0.25, 0.3) is 11.0 Å². The smallest absolute Gasteiger partial charge is 0.272 e. The highest BCUT2D eigenvalue weighted by Crippen LogP contribution is 2.20. The largest absolute Gasteiger partial charge is 0.398 e. The first-order valence-electron chi connectivity index (χ1n) is 6.56. The van der Waals surface area contributed by atoms with E-state index in [9.17, 15) is 4.79 Å². The minimum absolute atomic E-state index is 0.108. The van der Waals surface area contributed by atoms with Crippen LogP contribution >= 0.6 is 11.6 Å². The zero-order chi connectivity index (χ0) is 15.0. The van der Waals surface area contributed by atoms with Gasteiger partial charge in [-0.1, -0.05) is 29.8 Å². The Hall–Kier alpha value is -2.33. The maximum Gasteiger partial charge on any atom is 0.272 e. The molecule has 0 fully saturated rings. The van der Waals surface area contributed by atoms with Gasteiger partial charge in [0.1, 0.15) is 5.69 Å². The highest BCUT2D eigenvalue weighted by molar-refractivity contribution is 6.30. The molecule has 0 saturated carbocycles. The molecule has 0 spiro atoms. The van der Waals surface area contributed by atoms with Gasteiger partial charge in [0.05, 0.1) is 17.6 Å². The Bertz CT molecular complexity index is 886. The molecule has 3 aromatic rings. The van der Waals surface area contributed by atoms with Crippen LogP contribution in [0.5, 0.6) is 0 Å². The average Bonchev–Trinajstić information content (AvgIpc) is 2.46. The number of fused-ring (bicyclic) bond motifs is 1. The predicted octanol–water partition coefficient (Wildman–Crippen LogP) is 2.99. The number of hydrogen-bond acceptors (Lipinski definition) is 3. The molecular formula is C16H14ClN3O. The maximum absolute atomic E-state index is 12.4. The molecule has 0 atom stereocenters. The van der Waals surface area contributed by atoms with Gasteiger partial charge in [0.25, 0.3) is 5.56 Å². The molecule has 0 unspecified atom stereocenters. The van der Waals surface area contributed by atoms with Crippen LogP contribution in [-0.2, 0) is 6.54 Å². The minimum atomic E-state index is -0.108. The molecule has 1 heterocycles. The molecule has 0 aliphatic carbocycles. The third kappa shape index (κ3) is 2.50. The topological polar surface area (TPSA) is 60.9 Å². The van der Waals surface area contributed by atoms with Crippen molar-refractivity contribution in [2.24, 2.45) is 0 Å². The lowest BCUT2D eigenvalue weighted by atomic mass is 10.1. The summed E-state index contributed by atoms with van der Waals surface area (Å²) in [7, 11) is 0. The molecule has 2 N–H and O–H groups in total. The van der Waals surface area contributed by atoms with Crippen molar-refractivity contribution in [1.82, 2.24) is 9.55 Å². The zero-order valence-electron chi connectivity index (χ0n) is 11.5. The van der Waals surface area contributed by atoms with Gasteiger partial charge in [0.15, 0.2) is 0 Å². The van der Waals surface area contributed by atoms with Crippen LogP contribution in [-0.4, -0.2) is 9.55 Å². The zero-order valence-corrected chi connectivity index (χ0v) is 12.3. The first kappa shape index (κ1) is 13.6. The quantitative estimate of drug-likeness (QED) is 0.740. The summed E-state index contributed by atoms with van der Waals surface area (Å²) in [4.78, 5) is 16.7. The average molecular weight is 300 g/mol. The summed E-state index contributed by atoms with van der Waals surface area (Å²) in [6.07, 6.45) is 0. The van der Waals surface area contributed by atoms with Crippen LogP contribution < -0.4 is 11.3 Å². The molecule has 0 saturated heterocycles. The Kier molecular flexibility index (Phi) is 3.39. The van der Waals surface area contributed by atoms with E-state index in [4.69, 9.17) is 17.3 Å². The van der Waals surface area contributed by atoms with E-state index in [2.05, 4.69) is 4.98 Å². The number of halogens is 1. The van der Waals surface area contributed by atoms with E-state index >= 15 is 0 Å². The number of hydrogen-bond donors (Lipinski definition) is 1. The van der Waals surface area contributed by atoms with Gasteiger partial charge in [-0.3, -0.25) is 4.79 Å². The van der Waals surface area contributed by atoms with Crippen molar-refractivity contribution < 1.29 is 0 Å². The summed E-state index contributed by atoms with van der Waals surface area (Å²) in [5, 5.41) is 0.583. The van der Waals surface area contributed by atoms with Crippen molar-refractivity contribution in [3.8, 4) is 0 Å². The van der Waals surface area contributed by atoms with Crippen LogP contribution in [0.1, 0.15) is 11.3 Å². The lowest BCUT2D eigenvalue weighted by Crippen LogP contribution is -2.25. The predicted molar refractivity (Wildman–Crippen MR) is 85.7 cm³/mol. The van der Waals surface area contributed by atoms with Crippen LogP contribution in [0.4, 0.5) is 5.69 Å². The summed E-state index contributed by atoms with van der Waals surface area (Å²) in [5.74, 6) is 0. The van der Waals surface area contributed by atoms with Crippen molar-refractivity contribution in [2.45, 2.75) is 13.5 Å². The fourth-order valence-electron chi connectivity index (χ4n) is 2.36. The molecule has 0 amide bonds. The SMILES string of the molecule is Cc1nc2ccccc2n(Cc2ccc(Cl)cc2N)c1=O. The standard InChI is InChI=1S/C16H14ClN3O/c1-10-16(21)20(15-5-3-2-4-14(15)19-10)9-11-6-7-12(17)8-13(11)18/h2-8H,9,18H2,1H3. The Morgan fingerprint density at radius 1 is 1.24 bits per heavy atom. The molecule has 106 valence electrons. The van der Waals surface area contributed by atoms with E-state index in [-0.39, 0.29) is 5.56 Å². The van der Waals surface area contributed by atoms with Crippen LogP contribution in [0, 0.1) is 6.92 Å². The van der Waals surface area contributed by atoms with Crippen LogP contribution in [0.3, 0.4) is 0 Å². The number of benzene rings is 2. The Morgan fingerprint density at radius 3 is 2.76 bits per heavy atom. The summed E-state index contributed by atoms with van der Waals surface area (Å²) < 4.78 is 1.69. The fourth-order valence-corrected chi connectivity index (χ4v) is 2.54. The van der Waals surface area contributed by atoms with Gasteiger partial charge in [-0.05, 0) is 36.8 Å². The molecular weight excluding hydrogens is 286 g/mol. The molecule has 0 aliphatic rings. The van der Waals surface area contributed by atoms with Crippen molar-refractivity contribution in [3.63, 3.8) is 0 Å². The van der Waals surface area contributed by atoms with E-state index in [1.165, 1.54) is 0 Å². The monoisotopic (exact) mass is 299 g/mol. The summed E-state index contributed by atoms with van der Waals surface area (Å²) in [5.41, 5.74) is 9.37. The lowest BCUT2D eigenvalue weighted by molar-refractivity contribution is 0.778. The van der Waals surface area contributed by atoms with E-state index in [0.29, 0.717) is 22.9 Å². The third-order valence-corrected chi connectivity index (χ3v) is 3.69. The number of aromatic nitrogens is 2. The first-order chi connectivity index (χ1) is 10.1. The highest BCUT2D eigenvalue weighted by Gasteiger charge is 2.09. The first-order valence-corrected chi connectivity index (χ1v) is 6.94. The molecule has 1 aromatic heterocycles. The van der Waals surface area contributed by atoms with E-state index in [0.717, 1.165) is 16.6 Å². The number of anilines is 1. The number of nitrogens with two attached hydrogens (primary N) is 1. The second-order valence-electron chi connectivity index (χ2n) is 4.92. The molecule has 4 nitrogen and oxygen atoms in total. The second kappa shape index (κ2) is 5.22. The van der Waals surface area contributed by atoms with Gasteiger partial charge in [0, 0.05) is 10.7 Å². The number of nitrogen functional groups attached to an aromatic ring is 1. The van der Waals surface area contributed by atoms with Gasteiger partial charge < -0.3 is 10.3 Å². The van der Waals surface area contributed by atoms with Gasteiger partial charge >= 0.3 is 0 Å². The van der Waals surface area contributed by atoms with Gasteiger partial charge in [0.2, 0.25) is 0 Å². The van der Waals surface area contributed by atoms with E-state index in [1.807, 2.05) is 30.3 Å². The molecule has 0 radical (unpaired) electrons. The molecule has 21 heavy (non-hydrogen) atoms. The third-order valence-electron chi connectivity index (χ3n) is 3.45. The number of para-hydroxylation sites is 2. The number of rotatable bonds is 2. The molecule has 2 aromatic carbocycles. The normalized spacial score (nSPS) is 11.0. The summed E-state index contributed by atoms with van der Waals surface area (Å²) in [6.45, 7) is 2.11. The number of nitrogens with zero attached hydrogens (tertiary/aromatic N) is 2. The molecule has 0 bridgehead atoms. The van der Waals surface area contributed by atoms with Crippen molar-refractivity contribution in [2.75, 3.05) is 5.73 Å². The highest BCUT2D eigenvalue weighted by atomic mass is 35.5. The molecule has 0 aliphatic heterocycles. The molecule has 3 rings (SSSR count). The summed E-state index contributed by atoms with van der Waals surface area (Å²) >= 11 is 5.91. The van der Waals surface area contributed by atoms with Crippen LogP contribution in [0.15, 0.2) is 47.3 Å². The van der Waals surface area contributed by atoms with Gasteiger partial charge in [-0.2, -0.15) is 0 Å². The van der Waals surface area contributed by atoms with Crippen molar-refractivity contribution >= 4 is 28.3 Å². The second-order valence-corrected chi connectivity index (χ2v) is 5.36. The Labute approximate surface area is 126 Å². The fraction of sp³-hybridized carbons (Fsp3) is 0.125. The van der Waals surface area contributed by atoms with Gasteiger partial charge in [-0.15, -0.1) is 0 Å². The van der Waals surface area contributed by atoms with Crippen molar-refractivity contribution in [3.05, 3.63) is 69.1 Å². The van der Waals surface area contributed by atoms with Crippen LogP contribution in [0.2, 0.25) is 5.02 Å². The Morgan fingerprint density at radius 2 is 2.00 bits per heavy atom. The number of aryl methyl sites for hydroxylation is 1. The lowest BCUT2D eigenvalue weighted by Gasteiger charge is -2.12. The van der Waals surface area contributed by atoms with E-state index in [1.54, 1.807) is 23.6 Å². The van der Waals surface area contributed by atoms with E-state index < -0.39 is 0 Å². The summed E-state index contributed by atoms with van der Waals surface area (Å²) in [6, 6.07) is 12.9. The minimum Gasteiger partial charge on any atom is -0.398 e. The van der Waals surface area contributed by atoms with Gasteiger partial charge in [-0.25, -0.2) is 4.98 Å².